The van der Waals surface area contributed by atoms with E-state index < -0.39 is 5.91 Å². The highest BCUT2D eigenvalue weighted by molar-refractivity contribution is 7.99. The molecule has 0 bridgehead atoms. The van der Waals surface area contributed by atoms with Gasteiger partial charge in [0.25, 0.3) is 5.91 Å². The molecule has 0 unspecified atom stereocenters. The maximum absolute atomic E-state index is 11.6. The first-order valence-corrected chi connectivity index (χ1v) is 7.66. The summed E-state index contributed by atoms with van der Waals surface area (Å²) in [5.41, 5.74) is 6.66. The summed E-state index contributed by atoms with van der Waals surface area (Å²) in [5.74, 6) is -0.501. The summed E-state index contributed by atoms with van der Waals surface area (Å²) < 4.78 is 0. The summed E-state index contributed by atoms with van der Waals surface area (Å²) in [6.45, 7) is 0. The minimum absolute atomic E-state index is 0.382. The highest BCUT2D eigenvalue weighted by atomic mass is 35.5. The average molecular weight is 337 g/mol. The third-order valence-electron chi connectivity index (χ3n) is 2.99. The Labute approximate surface area is 135 Å². The molecule has 21 heavy (non-hydrogen) atoms. The van der Waals surface area contributed by atoms with Crippen molar-refractivity contribution in [2.24, 2.45) is 5.73 Å². The van der Waals surface area contributed by atoms with Gasteiger partial charge in [0, 0.05) is 25.8 Å². The lowest BCUT2D eigenvalue weighted by atomic mass is 10.2. The Morgan fingerprint density at radius 3 is 2.38 bits per heavy atom. The quantitative estimate of drug-likeness (QED) is 0.726. The van der Waals surface area contributed by atoms with Crippen LogP contribution in [0.25, 0.3) is 10.9 Å². The third kappa shape index (κ3) is 2.88. The normalized spacial score (nSPS) is 11.0. The number of hydrogen-bond donors (Lipinski definition) is 2. The second-order valence-electron chi connectivity index (χ2n) is 4.44. The molecule has 1 heterocycles. The van der Waals surface area contributed by atoms with Crippen LogP contribution in [0, 0.1) is 0 Å². The molecule has 0 saturated carbocycles. The number of hydrogen-bond acceptors (Lipinski definition) is 2. The van der Waals surface area contributed by atoms with Crippen molar-refractivity contribution < 1.29 is 4.79 Å². The van der Waals surface area contributed by atoms with Gasteiger partial charge in [-0.1, -0.05) is 35.0 Å². The van der Waals surface area contributed by atoms with Gasteiger partial charge in [0.05, 0.1) is 4.90 Å². The van der Waals surface area contributed by atoms with Gasteiger partial charge in [-0.15, -0.1) is 0 Å². The fourth-order valence-corrected chi connectivity index (χ4v) is 3.38. The van der Waals surface area contributed by atoms with Crippen molar-refractivity contribution in [1.82, 2.24) is 4.98 Å². The van der Waals surface area contributed by atoms with Gasteiger partial charge in [0.15, 0.2) is 0 Å². The first-order chi connectivity index (χ1) is 10.0. The minimum atomic E-state index is -0.501. The Morgan fingerprint density at radius 2 is 1.71 bits per heavy atom. The first kappa shape index (κ1) is 14.3. The standard InChI is InChI=1S/C15H10Cl2N2OS/c16-8-1-4-10(5-2-8)21-14-11-7-9(17)3-6-12(11)19-13(14)15(18)20/h1-7,19H,(H2,18,20). The monoisotopic (exact) mass is 336 g/mol. The van der Waals surface area contributed by atoms with E-state index in [1.165, 1.54) is 11.8 Å². The lowest BCUT2D eigenvalue weighted by Gasteiger charge is -2.03. The molecule has 3 rings (SSSR count). The van der Waals surface area contributed by atoms with Crippen LogP contribution in [0.3, 0.4) is 0 Å². The van der Waals surface area contributed by atoms with E-state index in [0.29, 0.717) is 15.7 Å². The zero-order chi connectivity index (χ0) is 15.0. The highest BCUT2D eigenvalue weighted by Gasteiger charge is 2.17. The number of nitrogens with one attached hydrogen (secondary N) is 1. The van der Waals surface area contributed by atoms with Crippen LogP contribution in [0.2, 0.25) is 10.0 Å². The predicted molar refractivity (Wildman–Crippen MR) is 87.4 cm³/mol. The molecule has 3 N–H and O–H groups in total. The number of amides is 1. The van der Waals surface area contributed by atoms with Gasteiger partial charge < -0.3 is 10.7 Å². The smallest absolute Gasteiger partial charge is 0.266 e. The predicted octanol–water partition coefficient (Wildman–Crippen LogP) is 4.72. The van der Waals surface area contributed by atoms with Gasteiger partial charge in [-0.2, -0.15) is 0 Å². The Balaban J connectivity index is 2.14. The van der Waals surface area contributed by atoms with E-state index in [9.17, 15) is 4.79 Å². The lowest BCUT2D eigenvalue weighted by Crippen LogP contribution is -2.12. The van der Waals surface area contributed by atoms with Crippen LogP contribution in [0.15, 0.2) is 52.3 Å². The summed E-state index contributed by atoms with van der Waals surface area (Å²) in [6.07, 6.45) is 0. The number of benzene rings is 2. The zero-order valence-electron chi connectivity index (χ0n) is 10.7. The molecule has 0 saturated heterocycles. The number of primary amides is 1. The number of H-pyrrole nitrogens is 1. The Hall–Kier alpha value is -1.62. The molecular weight excluding hydrogens is 327 g/mol. The van der Waals surface area contributed by atoms with Crippen molar-refractivity contribution in [2.75, 3.05) is 0 Å². The van der Waals surface area contributed by atoms with E-state index in [1.54, 1.807) is 18.2 Å². The second kappa shape index (κ2) is 5.64. The number of aromatic amines is 1. The van der Waals surface area contributed by atoms with Crippen LogP contribution in [0.1, 0.15) is 10.5 Å². The molecule has 3 aromatic rings. The molecule has 0 fully saturated rings. The maximum Gasteiger partial charge on any atom is 0.266 e. The van der Waals surface area contributed by atoms with Crippen LogP contribution in [-0.4, -0.2) is 10.9 Å². The summed E-state index contributed by atoms with van der Waals surface area (Å²) in [4.78, 5) is 16.4. The fourth-order valence-electron chi connectivity index (χ4n) is 2.04. The largest absolute Gasteiger partial charge is 0.364 e. The van der Waals surface area contributed by atoms with Crippen molar-refractivity contribution in [3.8, 4) is 0 Å². The first-order valence-electron chi connectivity index (χ1n) is 6.09. The number of nitrogens with two attached hydrogens (primary N) is 1. The zero-order valence-corrected chi connectivity index (χ0v) is 13.0. The second-order valence-corrected chi connectivity index (χ2v) is 6.40. The number of aromatic nitrogens is 1. The molecule has 1 amide bonds. The Bertz CT molecular complexity index is 828. The summed E-state index contributed by atoms with van der Waals surface area (Å²) in [5, 5.41) is 2.14. The van der Waals surface area contributed by atoms with Gasteiger partial charge in [-0.25, -0.2) is 0 Å². The van der Waals surface area contributed by atoms with Gasteiger partial charge in [-0.05, 0) is 42.5 Å². The van der Waals surface area contributed by atoms with E-state index in [-0.39, 0.29) is 0 Å². The van der Waals surface area contributed by atoms with E-state index in [1.807, 2.05) is 24.3 Å². The molecule has 0 aliphatic carbocycles. The average Bonchev–Trinajstić information content (AvgIpc) is 2.80. The molecule has 0 spiro atoms. The van der Waals surface area contributed by atoms with Crippen molar-refractivity contribution in [3.63, 3.8) is 0 Å². The summed E-state index contributed by atoms with van der Waals surface area (Å²) in [6, 6.07) is 12.8. The minimum Gasteiger partial charge on any atom is -0.364 e. The van der Waals surface area contributed by atoms with E-state index >= 15 is 0 Å². The van der Waals surface area contributed by atoms with Gasteiger partial charge >= 0.3 is 0 Å². The molecule has 1 aromatic heterocycles. The van der Waals surface area contributed by atoms with Crippen molar-refractivity contribution in [3.05, 3.63) is 58.2 Å². The van der Waals surface area contributed by atoms with Gasteiger partial charge in [0.1, 0.15) is 5.69 Å². The van der Waals surface area contributed by atoms with E-state index in [4.69, 9.17) is 28.9 Å². The molecular formula is C15H10Cl2N2OS. The SMILES string of the molecule is NC(=O)c1[nH]c2ccc(Cl)cc2c1Sc1ccc(Cl)cc1. The lowest BCUT2D eigenvalue weighted by molar-refractivity contribution is 0.0993. The molecule has 6 heteroatoms. The summed E-state index contributed by atoms with van der Waals surface area (Å²) in [7, 11) is 0. The van der Waals surface area contributed by atoms with Crippen LogP contribution in [0.4, 0.5) is 0 Å². The van der Waals surface area contributed by atoms with Crippen molar-refractivity contribution in [2.45, 2.75) is 9.79 Å². The van der Waals surface area contributed by atoms with E-state index in [2.05, 4.69) is 4.98 Å². The highest BCUT2D eigenvalue weighted by Crippen LogP contribution is 2.37. The topological polar surface area (TPSA) is 58.9 Å². The molecule has 3 nitrogen and oxygen atoms in total. The number of rotatable bonds is 3. The molecule has 0 radical (unpaired) electrons. The van der Waals surface area contributed by atoms with Gasteiger partial charge in [-0.3, -0.25) is 4.79 Å². The van der Waals surface area contributed by atoms with Crippen molar-refractivity contribution >= 4 is 51.8 Å². The van der Waals surface area contributed by atoms with Crippen LogP contribution < -0.4 is 5.73 Å². The molecule has 2 aromatic carbocycles. The van der Waals surface area contributed by atoms with Crippen LogP contribution in [0.5, 0.6) is 0 Å². The molecule has 0 aliphatic rings. The molecule has 0 atom stereocenters. The number of carbonyl (C=O) groups is 1. The van der Waals surface area contributed by atoms with Crippen LogP contribution in [-0.2, 0) is 0 Å². The number of halogens is 2. The van der Waals surface area contributed by atoms with E-state index in [0.717, 1.165) is 20.7 Å². The number of fused-ring (bicyclic) bond motifs is 1. The Morgan fingerprint density at radius 1 is 1.05 bits per heavy atom. The Kier molecular flexibility index (Phi) is 3.85. The molecule has 0 aliphatic heterocycles. The fraction of sp³-hybridized carbons (Fsp3) is 0. The summed E-state index contributed by atoms with van der Waals surface area (Å²) >= 11 is 13.4. The van der Waals surface area contributed by atoms with Gasteiger partial charge in [0.2, 0.25) is 0 Å². The number of carbonyl (C=O) groups excluding carboxylic acids is 1. The molecule has 106 valence electrons. The van der Waals surface area contributed by atoms with Crippen molar-refractivity contribution in [1.29, 1.82) is 0 Å². The van der Waals surface area contributed by atoms with Crippen LogP contribution >= 0.6 is 35.0 Å². The third-order valence-corrected chi connectivity index (χ3v) is 4.62. The maximum atomic E-state index is 11.6.